The monoisotopic (exact) mass is 338 g/mol. The summed E-state index contributed by atoms with van der Waals surface area (Å²) in [6, 6.07) is 6.85. The number of rotatable bonds is 4. The minimum absolute atomic E-state index is 0.251. The fourth-order valence-electron chi connectivity index (χ4n) is 2.62. The van der Waals surface area contributed by atoms with Crippen molar-refractivity contribution in [2.45, 2.75) is 25.7 Å². The van der Waals surface area contributed by atoms with Crippen molar-refractivity contribution >= 4 is 5.91 Å². The standard InChI is InChI=1S/C16H17F3N4O/c17-16(18,19)12-3-1-2-11(8-12)4-5-21-15(24)14-9-13-10-20-6-7-23(13)22-14/h1-3,8-9,20H,4-7,10H2,(H,21,24). The van der Waals surface area contributed by atoms with Crippen molar-refractivity contribution in [1.82, 2.24) is 20.4 Å². The molecule has 0 unspecified atom stereocenters. The lowest BCUT2D eigenvalue weighted by molar-refractivity contribution is -0.137. The van der Waals surface area contributed by atoms with E-state index in [1.807, 2.05) is 0 Å². The van der Waals surface area contributed by atoms with Gasteiger partial charge in [0.05, 0.1) is 17.8 Å². The Morgan fingerprint density at radius 2 is 2.17 bits per heavy atom. The lowest BCUT2D eigenvalue weighted by atomic mass is 10.1. The van der Waals surface area contributed by atoms with E-state index in [2.05, 4.69) is 15.7 Å². The first kappa shape index (κ1) is 16.5. The Kier molecular flexibility index (Phi) is 4.57. The van der Waals surface area contributed by atoms with Crippen molar-refractivity contribution in [2.24, 2.45) is 0 Å². The normalized spacial score (nSPS) is 14.3. The fourth-order valence-corrected chi connectivity index (χ4v) is 2.62. The van der Waals surface area contributed by atoms with Crippen LogP contribution in [-0.4, -0.2) is 28.8 Å². The topological polar surface area (TPSA) is 59.0 Å². The van der Waals surface area contributed by atoms with Crippen LogP contribution in [0.5, 0.6) is 0 Å². The lowest BCUT2D eigenvalue weighted by Crippen LogP contribution is -2.28. The summed E-state index contributed by atoms with van der Waals surface area (Å²) in [5, 5.41) is 10.1. The highest BCUT2D eigenvalue weighted by molar-refractivity contribution is 5.92. The molecule has 128 valence electrons. The van der Waals surface area contributed by atoms with Crippen LogP contribution < -0.4 is 10.6 Å². The van der Waals surface area contributed by atoms with E-state index in [-0.39, 0.29) is 12.5 Å². The first-order chi connectivity index (χ1) is 11.4. The van der Waals surface area contributed by atoms with Crippen LogP contribution in [0.1, 0.15) is 27.3 Å². The molecule has 0 atom stereocenters. The Morgan fingerprint density at radius 3 is 2.92 bits per heavy atom. The van der Waals surface area contributed by atoms with Gasteiger partial charge in [-0.15, -0.1) is 0 Å². The summed E-state index contributed by atoms with van der Waals surface area (Å²) in [4.78, 5) is 12.1. The molecule has 0 saturated heterocycles. The zero-order chi connectivity index (χ0) is 17.2. The van der Waals surface area contributed by atoms with Crippen molar-refractivity contribution in [3.05, 3.63) is 52.8 Å². The predicted octanol–water partition coefficient (Wildman–Crippen LogP) is 1.98. The van der Waals surface area contributed by atoms with Crippen molar-refractivity contribution in [1.29, 1.82) is 0 Å². The second-order valence-corrected chi connectivity index (χ2v) is 5.62. The van der Waals surface area contributed by atoms with Crippen LogP contribution in [0.15, 0.2) is 30.3 Å². The third-order valence-electron chi connectivity index (χ3n) is 3.86. The Morgan fingerprint density at radius 1 is 1.33 bits per heavy atom. The largest absolute Gasteiger partial charge is 0.416 e. The number of halogens is 3. The molecular formula is C16H17F3N4O. The molecule has 2 heterocycles. The number of aromatic nitrogens is 2. The first-order valence-electron chi connectivity index (χ1n) is 7.65. The molecule has 5 nitrogen and oxygen atoms in total. The molecule has 0 bridgehead atoms. The van der Waals surface area contributed by atoms with Crippen molar-refractivity contribution in [2.75, 3.05) is 13.1 Å². The maximum atomic E-state index is 12.7. The molecule has 0 fully saturated rings. The average molecular weight is 338 g/mol. The minimum Gasteiger partial charge on any atom is -0.350 e. The molecule has 1 aromatic heterocycles. The SMILES string of the molecule is O=C(NCCc1cccc(C(F)(F)F)c1)c1cc2n(n1)CCNC2. The van der Waals surface area contributed by atoms with Gasteiger partial charge in [0.1, 0.15) is 5.69 Å². The number of carbonyl (C=O) groups excluding carboxylic acids is 1. The average Bonchev–Trinajstić information content (AvgIpc) is 2.98. The summed E-state index contributed by atoms with van der Waals surface area (Å²) in [5.41, 5.74) is 1.13. The van der Waals surface area contributed by atoms with Crippen molar-refractivity contribution < 1.29 is 18.0 Å². The zero-order valence-corrected chi connectivity index (χ0v) is 12.9. The van der Waals surface area contributed by atoms with Gasteiger partial charge in [-0.25, -0.2) is 0 Å². The minimum atomic E-state index is -4.36. The smallest absolute Gasteiger partial charge is 0.350 e. The number of alkyl halides is 3. The molecule has 2 N–H and O–H groups in total. The highest BCUT2D eigenvalue weighted by atomic mass is 19.4. The summed E-state index contributed by atoms with van der Waals surface area (Å²) in [5.74, 6) is -0.316. The zero-order valence-electron chi connectivity index (χ0n) is 12.9. The summed E-state index contributed by atoms with van der Waals surface area (Å²) < 4.78 is 39.8. The van der Waals surface area contributed by atoms with Gasteiger partial charge in [-0.3, -0.25) is 9.48 Å². The molecule has 0 aliphatic carbocycles. The summed E-state index contributed by atoms with van der Waals surface area (Å²) in [6.45, 7) is 2.45. The van der Waals surface area contributed by atoms with Gasteiger partial charge in [-0.05, 0) is 24.1 Å². The molecule has 8 heteroatoms. The Labute approximate surface area is 136 Å². The molecule has 0 spiro atoms. The summed E-state index contributed by atoms with van der Waals surface area (Å²) in [7, 11) is 0. The molecule has 1 aromatic carbocycles. The Balaban J connectivity index is 1.56. The van der Waals surface area contributed by atoms with Gasteiger partial charge in [-0.1, -0.05) is 18.2 Å². The van der Waals surface area contributed by atoms with Gasteiger partial charge in [0.15, 0.2) is 0 Å². The van der Waals surface area contributed by atoms with E-state index in [0.717, 1.165) is 24.4 Å². The number of nitrogens with zero attached hydrogens (tertiary/aromatic N) is 2. The van der Waals surface area contributed by atoms with Crippen LogP contribution >= 0.6 is 0 Å². The number of hydrogen-bond donors (Lipinski definition) is 2. The maximum Gasteiger partial charge on any atom is 0.416 e. The quantitative estimate of drug-likeness (QED) is 0.896. The van der Waals surface area contributed by atoms with Crippen LogP contribution in [0.2, 0.25) is 0 Å². The van der Waals surface area contributed by atoms with E-state index in [1.54, 1.807) is 16.8 Å². The van der Waals surface area contributed by atoms with Crippen molar-refractivity contribution in [3.63, 3.8) is 0 Å². The Hall–Kier alpha value is -2.35. The van der Waals surface area contributed by atoms with Gasteiger partial charge in [-0.2, -0.15) is 18.3 Å². The van der Waals surface area contributed by atoms with Gasteiger partial charge in [0.2, 0.25) is 0 Å². The van der Waals surface area contributed by atoms with Crippen LogP contribution in [0.25, 0.3) is 0 Å². The van der Waals surface area contributed by atoms with Gasteiger partial charge in [0.25, 0.3) is 5.91 Å². The van der Waals surface area contributed by atoms with Crippen molar-refractivity contribution in [3.8, 4) is 0 Å². The van der Waals surface area contributed by atoms with E-state index in [4.69, 9.17) is 0 Å². The summed E-state index contributed by atoms with van der Waals surface area (Å²) >= 11 is 0. The van der Waals surface area contributed by atoms with Crippen LogP contribution in [0.3, 0.4) is 0 Å². The number of carbonyl (C=O) groups is 1. The van der Waals surface area contributed by atoms with Gasteiger partial charge >= 0.3 is 6.18 Å². The number of amides is 1. The Bertz CT molecular complexity index is 716. The highest BCUT2D eigenvalue weighted by Crippen LogP contribution is 2.29. The van der Waals surface area contributed by atoms with Crippen LogP contribution in [-0.2, 0) is 25.7 Å². The van der Waals surface area contributed by atoms with Crippen LogP contribution in [0, 0.1) is 0 Å². The van der Waals surface area contributed by atoms with Gasteiger partial charge < -0.3 is 10.6 Å². The second-order valence-electron chi connectivity index (χ2n) is 5.62. The number of hydrogen-bond acceptors (Lipinski definition) is 3. The second kappa shape index (κ2) is 6.64. The molecule has 2 aromatic rings. The number of fused-ring (bicyclic) bond motifs is 1. The summed E-state index contributed by atoms with van der Waals surface area (Å²) in [6.07, 6.45) is -4.03. The molecule has 1 amide bonds. The molecular weight excluding hydrogens is 321 g/mol. The van der Waals surface area contributed by atoms with Crippen LogP contribution in [0.4, 0.5) is 13.2 Å². The molecule has 1 aliphatic rings. The highest BCUT2D eigenvalue weighted by Gasteiger charge is 2.30. The first-order valence-corrected chi connectivity index (χ1v) is 7.65. The van der Waals surface area contributed by atoms with Gasteiger partial charge in [0, 0.05) is 19.6 Å². The predicted molar refractivity (Wildman–Crippen MR) is 81.4 cm³/mol. The maximum absolute atomic E-state index is 12.7. The lowest BCUT2D eigenvalue weighted by Gasteiger charge is -2.13. The molecule has 0 saturated carbocycles. The van der Waals surface area contributed by atoms with E-state index in [0.29, 0.717) is 30.8 Å². The molecule has 24 heavy (non-hydrogen) atoms. The fraction of sp³-hybridized carbons (Fsp3) is 0.375. The van der Waals surface area contributed by atoms with E-state index in [9.17, 15) is 18.0 Å². The molecule has 3 rings (SSSR count). The van der Waals surface area contributed by atoms with E-state index < -0.39 is 11.7 Å². The molecule has 0 radical (unpaired) electrons. The third-order valence-corrected chi connectivity index (χ3v) is 3.86. The third kappa shape index (κ3) is 3.76. The molecule has 1 aliphatic heterocycles. The van der Waals surface area contributed by atoms with E-state index >= 15 is 0 Å². The number of nitrogens with one attached hydrogen (secondary N) is 2. The van der Waals surface area contributed by atoms with E-state index in [1.165, 1.54) is 6.07 Å². The number of benzene rings is 1.